The molecule has 0 bridgehead atoms. The zero-order chi connectivity index (χ0) is 7.56. The Kier molecular flexibility index (Phi) is 5.01. The van der Waals surface area contributed by atoms with Crippen molar-refractivity contribution in [1.82, 2.24) is 0 Å². The number of carbonyl (C=O) groups is 1. The molecule has 0 spiro atoms. The Bertz CT molecular complexity index is 244. The van der Waals surface area contributed by atoms with Crippen LogP contribution in [0.5, 0.6) is 0 Å². The number of carbonyl (C=O) groups excluding carboxylic acids is 1. The number of carboxylic acid groups (broad SMARTS) is 1. The van der Waals surface area contributed by atoms with Crippen molar-refractivity contribution in [2.75, 3.05) is 0 Å². The van der Waals surface area contributed by atoms with Crippen molar-refractivity contribution in [3.05, 3.63) is 21.9 Å². The van der Waals surface area contributed by atoms with E-state index in [1.54, 1.807) is 0 Å². The van der Waals surface area contributed by atoms with E-state index in [0.717, 1.165) is 9.75 Å². The van der Waals surface area contributed by atoms with Crippen molar-refractivity contribution in [1.29, 1.82) is 0 Å². The first-order valence-electron chi connectivity index (χ1n) is 2.93. The molecule has 0 saturated heterocycles. The summed E-state index contributed by atoms with van der Waals surface area (Å²) in [6.07, 6.45) is 0.0402. The van der Waals surface area contributed by atoms with Crippen LogP contribution in [0.4, 0.5) is 0 Å². The van der Waals surface area contributed by atoms with Gasteiger partial charge < -0.3 is 9.90 Å². The molecular weight excluding hydrogens is 171 g/mol. The Morgan fingerprint density at radius 3 is 2.64 bits per heavy atom. The number of hydrogen-bond acceptors (Lipinski definition) is 3. The van der Waals surface area contributed by atoms with Gasteiger partial charge in [-0.1, -0.05) is 0 Å². The summed E-state index contributed by atoms with van der Waals surface area (Å²) in [4.78, 5) is 12.1. The maximum atomic E-state index is 10.1. The van der Waals surface area contributed by atoms with Crippen molar-refractivity contribution in [3.63, 3.8) is 0 Å². The number of thiophene rings is 1. The normalized spacial score (nSPS) is 8.82. The van der Waals surface area contributed by atoms with E-state index >= 15 is 0 Å². The molecule has 1 aromatic rings. The summed E-state index contributed by atoms with van der Waals surface area (Å²) in [7, 11) is 0. The second-order valence-electron chi connectivity index (χ2n) is 2.06. The SMILES string of the molecule is Cc1ccc(CC(=O)[O-])s1.[Na+]. The molecular formula is C7H7NaO2S. The number of carboxylic acids is 1. The molecule has 0 aliphatic carbocycles. The molecule has 11 heavy (non-hydrogen) atoms. The molecule has 0 unspecified atom stereocenters. The average Bonchev–Trinajstić information content (AvgIpc) is 2.13. The molecule has 2 nitrogen and oxygen atoms in total. The van der Waals surface area contributed by atoms with Crippen LogP contribution < -0.4 is 34.7 Å². The van der Waals surface area contributed by atoms with Gasteiger partial charge in [0, 0.05) is 22.1 Å². The van der Waals surface area contributed by atoms with Gasteiger partial charge >= 0.3 is 29.6 Å². The zero-order valence-corrected chi connectivity index (χ0v) is 9.40. The maximum absolute atomic E-state index is 10.1. The minimum atomic E-state index is -1.01. The van der Waals surface area contributed by atoms with E-state index in [1.165, 1.54) is 11.3 Å². The molecule has 54 valence electrons. The number of rotatable bonds is 2. The van der Waals surface area contributed by atoms with Crippen molar-refractivity contribution >= 4 is 17.3 Å². The summed E-state index contributed by atoms with van der Waals surface area (Å²) in [6, 6.07) is 3.72. The zero-order valence-electron chi connectivity index (χ0n) is 6.59. The van der Waals surface area contributed by atoms with Crippen molar-refractivity contribution in [2.24, 2.45) is 0 Å². The van der Waals surface area contributed by atoms with Crippen molar-refractivity contribution < 1.29 is 39.5 Å². The van der Waals surface area contributed by atoms with Gasteiger partial charge in [0.25, 0.3) is 0 Å². The number of aryl methyl sites for hydroxylation is 1. The average molecular weight is 178 g/mol. The standard InChI is InChI=1S/C7H8O2S.Na/c1-5-2-3-6(10-5)4-7(8)9;/h2-3H,4H2,1H3,(H,8,9);/q;+1/p-1. The maximum Gasteiger partial charge on any atom is 1.00 e. The summed E-state index contributed by atoms with van der Waals surface area (Å²) < 4.78 is 0. The number of aliphatic carboxylic acids is 1. The van der Waals surface area contributed by atoms with E-state index in [0.29, 0.717) is 0 Å². The second kappa shape index (κ2) is 4.93. The van der Waals surface area contributed by atoms with Gasteiger partial charge in [0.15, 0.2) is 0 Å². The van der Waals surface area contributed by atoms with Crippen LogP contribution in [0.1, 0.15) is 9.75 Å². The first-order chi connectivity index (χ1) is 4.68. The summed E-state index contributed by atoms with van der Waals surface area (Å²) in [5.41, 5.74) is 0. The van der Waals surface area contributed by atoms with Gasteiger partial charge in [-0.05, 0) is 19.1 Å². The minimum absolute atomic E-state index is 0. The van der Waals surface area contributed by atoms with Crippen LogP contribution in [0.15, 0.2) is 12.1 Å². The third kappa shape index (κ3) is 3.91. The van der Waals surface area contributed by atoms with Gasteiger partial charge in [0.1, 0.15) is 0 Å². The Hall–Kier alpha value is 0.170. The van der Waals surface area contributed by atoms with Gasteiger partial charge in [-0.25, -0.2) is 0 Å². The second-order valence-corrected chi connectivity index (χ2v) is 3.43. The molecule has 0 amide bonds. The quantitative estimate of drug-likeness (QED) is 0.464. The van der Waals surface area contributed by atoms with Gasteiger partial charge in [-0.15, -0.1) is 11.3 Å². The van der Waals surface area contributed by atoms with Crippen molar-refractivity contribution in [3.8, 4) is 0 Å². The third-order valence-corrected chi connectivity index (χ3v) is 2.12. The molecule has 0 aromatic carbocycles. The van der Waals surface area contributed by atoms with Crippen LogP contribution in [-0.2, 0) is 11.2 Å². The van der Waals surface area contributed by atoms with Gasteiger partial charge in [0.05, 0.1) is 0 Å². The van der Waals surface area contributed by atoms with Crippen LogP contribution in [0, 0.1) is 6.92 Å². The molecule has 0 saturated carbocycles. The van der Waals surface area contributed by atoms with Crippen LogP contribution in [0.3, 0.4) is 0 Å². The van der Waals surface area contributed by atoms with Crippen LogP contribution in [-0.4, -0.2) is 5.97 Å². The van der Waals surface area contributed by atoms with E-state index in [2.05, 4.69) is 0 Å². The first kappa shape index (κ1) is 11.2. The molecule has 1 heterocycles. The molecule has 1 rings (SSSR count). The largest absolute Gasteiger partial charge is 1.00 e. The summed E-state index contributed by atoms with van der Waals surface area (Å²) in [6.45, 7) is 1.95. The fourth-order valence-corrected chi connectivity index (χ4v) is 1.60. The molecule has 0 N–H and O–H groups in total. The Morgan fingerprint density at radius 1 is 1.64 bits per heavy atom. The van der Waals surface area contributed by atoms with Gasteiger partial charge in [-0.3, -0.25) is 0 Å². The molecule has 0 aliphatic rings. The fraction of sp³-hybridized carbons (Fsp3) is 0.286. The topological polar surface area (TPSA) is 40.1 Å². The third-order valence-electron chi connectivity index (χ3n) is 1.11. The van der Waals surface area contributed by atoms with Crippen molar-refractivity contribution in [2.45, 2.75) is 13.3 Å². The van der Waals surface area contributed by atoms with E-state index < -0.39 is 5.97 Å². The number of hydrogen-bond donors (Lipinski definition) is 0. The van der Waals surface area contributed by atoms with Crippen LogP contribution in [0.25, 0.3) is 0 Å². The van der Waals surface area contributed by atoms with Crippen LogP contribution in [0.2, 0.25) is 0 Å². The molecule has 4 heteroatoms. The summed E-state index contributed by atoms with van der Waals surface area (Å²) in [5, 5.41) is 10.1. The first-order valence-corrected chi connectivity index (χ1v) is 3.75. The summed E-state index contributed by atoms with van der Waals surface area (Å²) in [5.74, 6) is -1.01. The van der Waals surface area contributed by atoms with Gasteiger partial charge in [0.2, 0.25) is 0 Å². The predicted molar refractivity (Wildman–Crippen MR) is 37.8 cm³/mol. The fourth-order valence-electron chi connectivity index (χ4n) is 0.722. The van der Waals surface area contributed by atoms with Gasteiger partial charge in [-0.2, -0.15) is 0 Å². The smallest absolute Gasteiger partial charge is 0.550 e. The minimum Gasteiger partial charge on any atom is -0.550 e. The molecule has 0 radical (unpaired) electrons. The monoisotopic (exact) mass is 178 g/mol. The molecule has 0 aliphatic heterocycles. The predicted octanol–water partition coefficient (Wildman–Crippen LogP) is -2.65. The Labute approximate surface area is 91.5 Å². The van der Waals surface area contributed by atoms with E-state index in [9.17, 15) is 9.90 Å². The summed E-state index contributed by atoms with van der Waals surface area (Å²) >= 11 is 1.50. The Morgan fingerprint density at radius 2 is 2.27 bits per heavy atom. The Balaban J connectivity index is 0.000001000. The van der Waals surface area contributed by atoms with E-state index in [-0.39, 0.29) is 36.0 Å². The molecule has 0 fully saturated rings. The van der Waals surface area contributed by atoms with E-state index in [4.69, 9.17) is 0 Å². The molecule has 0 atom stereocenters. The van der Waals surface area contributed by atoms with E-state index in [1.807, 2.05) is 19.1 Å². The van der Waals surface area contributed by atoms with Crippen LogP contribution >= 0.6 is 11.3 Å². The molecule has 1 aromatic heterocycles.